The molecule has 198 valence electrons. The first kappa shape index (κ1) is 25.9. The first-order chi connectivity index (χ1) is 19.0. The van der Waals surface area contributed by atoms with E-state index in [9.17, 15) is 14.7 Å². The van der Waals surface area contributed by atoms with Crippen LogP contribution in [0.3, 0.4) is 0 Å². The Kier molecular flexibility index (Phi) is 7.78. The van der Waals surface area contributed by atoms with Crippen LogP contribution in [-0.2, 0) is 22.7 Å². The second-order valence-electron chi connectivity index (χ2n) is 9.23. The highest BCUT2D eigenvalue weighted by Gasteiger charge is 2.46. The summed E-state index contributed by atoms with van der Waals surface area (Å²) >= 11 is 0. The highest BCUT2D eigenvalue weighted by molar-refractivity contribution is 6.46. The van der Waals surface area contributed by atoms with E-state index in [2.05, 4.69) is 0 Å². The van der Waals surface area contributed by atoms with Gasteiger partial charge in [-0.1, -0.05) is 49.4 Å². The van der Waals surface area contributed by atoms with E-state index in [1.54, 1.807) is 42.5 Å². The summed E-state index contributed by atoms with van der Waals surface area (Å²) < 4.78 is 17.1. The maximum absolute atomic E-state index is 13.4. The van der Waals surface area contributed by atoms with Gasteiger partial charge in [0, 0.05) is 5.56 Å². The van der Waals surface area contributed by atoms with Crippen LogP contribution in [0.2, 0.25) is 0 Å². The van der Waals surface area contributed by atoms with Crippen molar-refractivity contribution in [2.45, 2.75) is 32.5 Å². The number of likely N-dealkylation sites (tertiary alicyclic amines) is 1. The number of hydrogen-bond donors (Lipinski definition) is 1. The molecule has 0 spiro atoms. The van der Waals surface area contributed by atoms with Gasteiger partial charge in [-0.05, 0) is 66.1 Å². The molecule has 7 heteroatoms. The number of furan rings is 1. The summed E-state index contributed by atoms with van der Waals surface area (Å²) in [7, 11) is 0. The number of hydrogen-bond acceptors (Lipinski definition) is 6. The van der Waals surface area contributed by atoms with Crippen LogP contribution in [0.4, 0.5) is 0 Å². The van der Waals surface area contributed by atoms with E-state index >= 15 is 0 Å². The van der Waals surface area contributed by atoms with E-state index in [1.807, 2.05) is 55.5 Å². The van der Waals surface area contributed by atoms with E-state index in [0.29, 0.717) is 41.6 Å². The van der Waals surface area contributed by atoms with Gasteiger partial charge in [0.1, 0.15) is 29.6 Å². The lowest BCUT2D eigenvalue weighted by molar-refractivity contribution is -0.140. The molecule has 5 rings (SSSR count). The summed E-state index contributed by atoms with van der Waals surface area (Å²) in [5.74, 6) is 0.0417. The fraction of sp³-hybridized carbons (Fsp3) is 0.188. The standard InChI is InChI=1S/C32H29NO6/c1-2-17-37-25-15-13-23(14-16-25)30(34)28-29(33(32(36)31(28)35)20-27-12-7-18-38-27)24-10-6-11-26(19-24)39-21-22-8-4-3-5-9-22/h3-16,18-19,29,34H,2,17,20-21H2,1H3/b30-28+. The van der Waals surface area contributed by atoms with Crippen LogP contribution < -0.4 is 9.47 Å². The third kappa shape index (κ3) is 5.72. The van der Waals surface area contributed by atoms with Crippen molar-refractivity contribution in [2.75, 3.05) is 6.61 Å². The SMILES string of the molecule is CCCOc1ccc(/C(O)=C2\C(=O)C(=O)N(Cc3ccco3)C2c2cccc(OCc3ccccc3)c2)cc1. The number of ketones is 1. The van der Waals surface area contributed by atoms with Crippen molar-refractivity contribution in [3.8, 4) is 11.5 Å². The fourth-order valence-corrected chi connectivity index (χ4v) is 4.56. The molecule has 0 saturated carbocycles. The number of ether oxygens (including phenoxy) is 2. The van der Waals surface area contributed by atoms with Crippen LogP contribution in [0.1, 0.15) is 41.8 Å². The Morgan fingerprint density at radius 2 is 1.69 bits per heavy atom. The van der Waals surface area contributed by atoms with Crippen LogP contribution in [0.25, 0.3) is 5.76 Å². The van der Waals surface area contributed by atoms with E-state index in [4.69, 9.17) is 13.9 Å². The highest BCUT2D eigenvalue weighted by Crippen LogP contribution is 2.41. The smallest absolute Gasteiger partial charge is 0.296 e. The van der Waals surface area contributed by atoms with E-state index in [1.165, 1.54) is 11.2 Å². The number of aliphatic hydroxyl groups excluding tert-OH is 1. The molecule has 1 aliphatic heterocycles. The molecule has 0 radical (unpaired) electrons. The van der Waals surface area contributed by atoms with Gasteiger partial charge in [0.15, 0.2) is 0 Å². The molecule has 1 atom stereocenters. The fourth-order valence-electron chi connectivity index (χ4n) is 4.56. The van der Waals surface area contributed by atoms with Gasteiger partial charge in [-0.3, -0.25) is 9.59 Å². The van der Waals surface area contributed by atoms with Gasteiger partial charge >= 0.3 is 0 Å². The van der Waals surface area contributed by atoms with Gasteiger partial charge in [-0.2, -0.15) is 0 Å². The summed E-state index contributed by atoms with van der Waals surface area (Å²) in [6.45, 7) is 3.02. The minimum absolute atomic E-state index is 0.00833. The topological polar surface area (TPSA) is 89.2 Å². The van der Waals surface area contributed by atoms with Crippen molar-refractivity contribution in [3.05, 3.63) is 125 Å². The Morgan fingerprint density at radius 3 is 2.41 bits per heavy atom. The molecular weight excluding hydrogens is 494 g/mol. The number of aliphatic hydroxyl groups is 1. The Balaban J connectivity index is 1.52. The molecule has 1 fully saturated rings. The third-order valence-corrected chi connectivity index (χ3v) is 6.47. The van der Waals surface area contributed by atoms with Gasteiger partial charge in [0.25, 0.3) is 11.7 Å². The molecule has 7 nitrogen and oxygen atoms in total. The average Bonchev–Trinajstić information content (AvgIpc) is 3.58. The first-order valence-corrected chi connectivity index (χ1v) is 12.9. The minimum Gasteiger partial charge on any atom is -0.507 e. The van der Waals surface area contributed by atoms with Crippen molar-refractivity contribution in [2.24, 2.45) is 0 Å². The maximum Gasteiger partial charge on any atom is 0.296 e. The monoisotopic (exact) mass is 523 g/mol. The molecular formula is C32H29NO6. The molecule has 1 unspecified atom stereocenters. The molecule has 1 aliphatic rings. The lowest BCUT2D eigenvalue weighted by atomic mass is 9.95. The predicted octanol–water partition coefficient (Wildman–Crippen LogP) is 6.27. The second-order valence-corrected chi connectivity index (χ2v) is 9.23. The summed E-state index contributed by atoms with van der Waals surface area (Å²) in [6, 6.07) is 26.5. The Morgan fingerprint density at radius 1 is 0.897 bits per heavy atom. The quantitative estimate of drug-likeness (QED) is 0.150. The van der Waals surface area contributed by atoms with Crippen molar-refractivity contribution in [3.63, 3.8) is 0 Å². The van der Waals surface area contributed by atoms with E-state index in [-0.39, 0.29) is 17.9 Å². The molecule has 39 heavy (non-hydrogen) atoms. The zero-order valence-corrected chi connectivity index (χ0v) is 21.6. The number of Topliss-reactive ketones (excluding diaryl/α,β-unsaturated/α-hetero) is 1. The summed E-state index contributed by atoms with van der Waals surface area (Å²) in [5.41, 5.74) is 2.07. The summed E-state index contributed by atoms with van der Waals surface area (Å²) in [6.07, 6.45) is 2.39. The van der Waals surface area contributed by atoms with Crippen molar-refractivity contribution >= 4 is 17.4 Å². The molecule has 3 aromatic carbocycles. The molecule has 1 amide bonds. The molecule has 0 bridgehead atoms. The number of rotatable bonds is 10. The Hall–Kier alpha value is -4.78. The van der Waals surface area contributed by atoms with E-state index < -0.39 is 17.7 Å². The first-order valence-electron chi connectivity index (χ1n) is 12.9. The van der Waals surface area contributed by atoms with Gasteiger partial charge in [0.2, 0.25) is 0 Å². The third-order valence-electron chi connectivity index (χ3n) is 6.47. The minimum atomic E-state index is -0.841. The van der Waals surface area contributed by atoms with Crippen LogP contribution >= 0.6 is 0 Å². The number of amides is 1. The lowest BCUT2D eigenvalue weighted by Gasteiger charge is -2.25. The number of carbonyl (C=O) groups excluding carboxylic acids is 2. The van der Waals surface area contributed by atoms with Crippen molar-refractivity contribution in [1.29, 1.82) is 0 Å². The lowest BCUT2D eigenvalue weighted by Crippen LogP contribution is -2.29. The predicted molar refractivity (Wildman–Crippen MR) is 146 cm³/mol. The van der Waals surface area contributed by atoms with Gasteiger partial charge < -0.3 is 23.9 Å². The van der Waals surface area contributed by atoms with Crippen LogP contribution in [-0.4, -0.2) is 28.3 Å². The molecule has 1 aromatic heterocycles. The Labute approximate surface area is 226 Å². The Bertz CT molecular complexity index is 1460. The van der Waals surface area contributed by atoms with Crippen LogP contribution in [0.15, 0.2) is 107 Å². The van der Waals surface area contributed by atoms with Gasteiger partial charge in [-0.15, -0.1) is 0 Å². The maximum atomic E-state index is 13.4. The van der Waals surface area contributed by atoms with Crippen LogP contribution in [0.5, 0.6) is 11.5 Å². The summed E-state index contributed by atoms with van der Waals surface area (Å²) in [4.78, 5) is 28.0. The van der Waals surface area contributed by atoms with Crippen molar-refractivity contribution in [1.82, 2.24) is 4.90 Å². The van der Waals surface area contributed by atoms with Gasteiger partial charge in [-0.25, -0.2) is 0 Å². The van der Waals surface area contributed by atoms with E-state index in [0.717, 1.165) is 12.0 Å². The largest absolute Gasteiger partial charge is 0.507 e. The summed E-state index contributed by atoms with van der Waals surface area (Å²) in [5, 5.41) is 11.4. The molecule has 1 N–H and O–H groups in total. The number of benzene rings is 3. The molecule has 0 aliphatic carbocycles. The molecule has 2 heterocycles. The highest BCUT2D eigenvalue weighted by atomic mass is 16.5. The zero-order valence-electron chi connectivity index (χ0n) is 21.6. The van der Waals surface area contributed by atoms with Crippen molar-refractivity contribution < 1.29 is 28.6 Å². The molecule has 1 saturated heterocycles. The normalized spacial score (nSPS) is 16.4. The zero-order chi connectivity index (χ0) is 27.2. The van der Waals surface area contributed by atoms with Gasteiger partial charge in [0.05, 0.1) is 31.0 Å². The number of nitrogens with zero attached hydrogens (tertiary/aromatic N) is 1. The average molecular weight is 524 g/mol. The number of carbonyl (C=O) groups is 2. The van der Waals surface area contributed by atoms with Crippen LogP contribution in [0, 0.1) is 0 Å². The second kappa shape index (κ2) is 11.7. The molecule has 4 aromatic rings.